The highest BCUT2D eigenvalue weighted by Crippen LogP contribution is 2.20. The summed E-state index contributed by atoms with van der Waals surface area (Å²) >= 11 is 0. The smallest absolute Gasteiger partial charge is 0.151 e. The fourth-order valence-corrected chi connectivity index (χ4v) is 4.26. The van der Waals surface area contributed by atoms with Crippen LogP contribution in [-0.2, 0) is 9.84 Å². The van der Waals surface area contributed by atoms with Crippen LogP contribution >= 0.6 is 0 Å². The van der Waals surface area contributed by atoms with E-state index in [1.54, 1.807) is 0 Å². The van der Waals surface area contributed by atoms with Gasteiger partial charge >= 0.3 is 0 Å². The molecule has 1 saturated heterocycles. The molecule has 4 nitrogen and oxygen atoms in total. The Labute approximate surface area is 125 Å². The van der Waals surface area contributed by atoms with E-state index in [-0.39, 0.29) is 0 Å². The minimum Gasteiger partial charge on any atom is -0.314 e. The Bertz CT molecular complexity index is 349. The molecule has 0 aromatic carbocycles. The molecule has 0 aromatic rings. The third kappa shape index (κ3) is 6.55. The van der Waals surface area contributed by atoms with E-state index in [0.29, 0.717) is 24.1 Å². The van der Waals surface area contributed by atoms with Gasteiger partial charge in [0.25, 0.3) is 0 Å². The summed E-state index contributed by atoms with van der Waals surface area (Å²) in [6.07, 6.45) is 4.28. The molecular formula is C15H32N2O2S. The van der Waals surface area contributed by atoms with E-state index in [4.69, 9.17) is 0 Å². The lowest BCUT2D eigenvalue weighted by Crippen LogP contribution is -2.43. The lowest BCUT2D eigenvalue weighted by atomic mass is 9.90. The minimum atomic E-state index is -2.83. The Kier molecular flexibility index (Phi) is 8.07. The van der Waals surface area contributed by atoms with Gasteiger partial charge in [-0.3, -0.25) is 0 Å². The van der Waals surface area contributed by atoms with Crippen LogP contribution in [0.3, 0.4) is 0 Å². The molecule has 0 aliphatic carbocycles. The fraction of sp³-hybridized carbons (Fsp3) is 1.00. The van der Waals surface area contributed by atoms with Gasteiger partial charge in [0.15, 0.2) is 9.84 Å². The molecule has 0 bridgehead atoms. The van der Waals surface area contributed by atoms with Crippen molar-refractivity contribution in [1.29, 1.82) is 0 Å². The molecule has 1 N–H and O–H groups in total. The van der Waals surface area contributed by atoms with Crippen LogP contribution < -0.4 is 5.32 Å². The molecule has 1 atom stereocenters. The SMILES string of the molecule is CCCNC(C)C1CCN(CCS(=O)(=O)CCC)CC1. The van der Waals surface area contributed by atoms with Crippen molar-refractivity contribution in [1.82, 2.24) is 10.2 Å². The first-order chi connectivity index (χ1) is 9.48. The summed E-state index contributed by atoms with van der Waals surface area (Å²) in [5.41, 5.74) is 0. The van der Waals surface area contributed by atoms with Crippen molar-refractivity contribution >= 4 is 9.84 Å². The second-order valence-electron chi connectivity index (χ2n) is 6.07. The predicted molar refractivity (Wildman–Crippen MR) is 85.9 cm³/mol. The molecule has 0 aromatic heterocycles. The van der Waals surface area contributed by atoms with Crippen LogP contribution in [0.15, 0.2) is 0 Å². The van der Waals surface area contributed by atoms with Crippen molar-refractivity contribution in [2.75, 3.05) is 37.7 Å². The van der Waals surface area contributed by atoms with Gasteiger partial charge in [-0.1, -0.05) is 13.8 Å². The van der Waals surface area contributed by atoms with Gasteiger partial charge in [-0.05, 0) is 58.2 Å². The first-order valence-electron chi connectivity index (χ1n) is 8.14. The van der Waals surface area contributed by atoms with Crippen molar-refractivity contribution in [3.8, 4) is 0 Å². The van der Waals surface area contributed by atoms with Crippen molar-refractivity contribution in [3.63, 3.8) is 0 Å². The van der Waals surface area contributed by atoms with Crippen molar-refractivity contribution in [2.24, 2.45) is 5.92 Å². The van der Waals surface area contributed by atoms with Crippen LogP contribution in [-0.4, -0.2) is 57.0 Å². The van der Waals surface area contributed by atoms with Gasteiger partial charge in [-0.25, -0.2) is 8.42 Å². The molecule has 1 fully saturated rings. The van der Waals surface area contributed by atoms with Crippen molar-refractivity contribution in [2.45, 2.75) is 52.5 Å². The zero-order chi connectivity index (χ0) is 15.0. The van der Waals surface area contributed by atoms with Gasteiger partial charge in [0.2, 0.25) is 0 Å². The van der Waals surface area contributed by atoms with Gasteiger partial charge in [-0.15, -0.1) is 0 Å². The van der Waals surface area contributed by atoms with E-state index in [1.165, 1.54) is 19.3 Å². The Hall–Kier alpha value is -0.130. The van der Waals surface area contributed by atoms with Crippen molar-refractivity contribution in [3.05, 3.63) is 0 Å². The van der Waals surface area contributed by atoms with Crippen molar-refractivity contribution < 1.29 is 8.42 Å². The van der Waals surface area contributed by atoms with Crippen LogP contribution in [0, 0.1) is 5.92 Å². The van der Waals surface area contributed by atoms with Gasteiger partial charge in [0.1, 0.15) is 0 Å². The second-order valence-corrected chi connectivity index (χ2v) is 8.38. The number of sulfone groups is 1. The first kappa shape index (κ1) is 17.9. The highest BCUT2D eigenvalue weighted by molar-refractivity contribution is 7.91. The summed E-state index contributed by atoms with van der Waals surface area (Å²) < 4.78 is 23.5. The molecule has 1 heterocycles. The summed E-state index contributed by atoms with van der Waals surface area (Å²) in [6, 6.07) is 0.584. The average Bonchev–Trinajstić information content (AvgIpc) is 2.43. The normalized spacial score (nSPS) is 20.1. The topological polar surface area (TPSA) is 49.4 Å². The number of hydrogen-bond acceptors (Lipinski definition) is 4. The number of piperidine rings is 1. The molecule has 0 spiro atoms. The third-order valence-electron chi connectivity index (χ3n) is 4.29. The summed E-state index contributed by atoms with van der Waals surface area (Å²) in [6.45, 7) is 10.3. The highest BCUT2D eigenvalue weighted by Gasteiger charge is 2.24. The fourth-order valence-electron chi connectivity index (χ4n) is 2.90. The molecule has 5 heteroatoms. The van der Waals surface area contributed by atoms with Crippen LogP contribution in [0.4, 0.5) is 0 Å². The van der Waals surface area contributed by atoms with E-state index >= 15 is 0 Å². The van der Waals surface area contributed by atoms with E-state index in [2.05, 4.69) is 24.1 Å². The molecule has 1 aliphatic rings. The van der Waals surface area contributed by atoms with Gasteiger partial charge < -0.3 is 10.2 Å². The van der Waals surface area contributed by atoms with E-state index in [9.17, 15) is 8.42 Å². The molecule has 0 saturated carbocycles. The standard InChI is InChI=1S/C15H32N2O2S/c1-4-8-16-14(3)15-6-9-17(10-7-15)11-13-20(18,19)12-5-2/h14-16H,4-13H2,1-3H3. The maximum Gasteiger partial charge on any atom is 0.151 e. The second kappa shape index (κ2) is 9.00. The number of hydrogen-bond donors (Lipinski definition) is 1. The Balaban J connectivity index is 2.25. The van der Waals surface area contributed by atoms with Crippen LogP contribution in [0.25, 0.3) is 0 Å². The molecule has 20 heavy (non-hydrogen) atoms. The summed E-state index contributed by atoms with van der Waals surface area (Å²) in [4.78, 5) is 2.32. The molecule has 120 valence electrons. The molecule has 0 radical (unpaired) electrons. The molecule has 0 amide bonds. The quantitative estimate of drug-likeness (QED) is 0.707. The Morgan fingerprint density at radius 3 is 2.35 bits per heavy atom. The minimum absolute atomic E-state index is 0.329. The maximum absolute atomic E-state index is 11.7. The van der Waals surface area contributed by atoms with E-state index in [0.717, 1.165) is 32.0 Å². The lowest BCUT2D eigenvalue weighted by molar-refractivity contribution is 0.169. The average molecular weight is 305 g/mol. The monoisotopic (exact) mass is 304 g/mol. The largest absolute Gasteiger partial charge is 0.314 e. The Morgan fingerprint density at radius 2 is 1.80 bits per heavy atom. The lowest BCUT2D eigenvalue weighted by Gasteiger charge is -2.35. The summed E-state index contributed by atoms with van der Waals surface area (Å²) in [5, 5.41) is 3.58. The van der Waals surface area contributed by atoms with Gasteiger partial charge in [-0.2, -0.15) is 0 Å². The molecule has 1 rings (SSSR count). The third-order valence-corrected chi connectivity index (χ3v) is 6.12. The van der Waals surface area contributed by atoms with Crippen LogP contribution in [0.2, 0.25) is 0 Å². The Morgan fingerprint density at radius 1 is 1.15 bits per heavy atom. The number of rotatable bonds is 9. The van der Waals surface area contributed by atoms with Crippen LogP contribution in [0.5, 0.6) is 0 Å². The van der Waals surface area contributed by atoms with Crippen LogP contribution in [0.1, 0.15) is 46.5 Å². The van der Waals surface area contributed by atoms with Gasteiger partial charge in [0, 0.05) is 18.3 Å². The molecular weight excluding hydrogens is 272 g/mol. The highest BCUT2D eigenvalue weighted by atomic mass is 32.2. The van der Waals surface area contributed by atoms with Gasteiger partial charge in [0.05, 0.1) is 5.75 Å². The zero-order valence-electron chi connectivity index (χ0n) is 13.4. The van der Waals surface area contributed by atoms with E-state index < -0.39 is 9.84 Å². The van der Waals surface area contributed by atoms with E-state index in [1.807, 2.05) is 6.92 Å². The first-order valence-corrected chi connectivity index (χ1v) is 9.96. The summed E-state index contributed by atoms with van der Waals surface area (Å²) in [5.74, 6) is 1.40. The summed E-state index contributed by atoms with van der Waals surface area (Å²) in [7, 11) is -2.83. The number of nitrogens with zero attached hydrogens (tertiary/aromatic N) is 1. The molecule has 1 aliphatic heterocycles. The molecule has 1 unspecified atom stereocenters. The predicted octanol–water partition coefficient (Wildman–Crippen LogP) is 1.91. The number of nitrogens with one attached hydrogen (secondary N) is 1. The maximum atomic E-state index is 11.7. The number of likely N-dealkylation sites (tertiary alicyclic amines) is 1. The zero-order valence-corrected chi connectivity index (χ0v) is 14.2.